The van der Waals surface area contributed by atoms with E-state index < -0.39 is 0 Å². The number of thioether (sulfide) groups is 1. The second-order valence-electron chi connectivity index (χ2n) is 5.30. The number of hydrogen-bond acceptors (Lipinski definition) is 5. The maximum Gasteiger partial charge on any atom is 0.211 e. The van der Waals surface area contributed by atoms with Crippen molar-refractivity contribution in [3.05, 3.63) is 18.5 Å². The summed E-state index contributed by atoms with van der Waals surface area (Å²) >= 11 is 1.38. The smallest absolute Gasteiger partial charge is 0.211 e. The summed E-state index contributed by atoms with van der Waals surface area (Å²) in [6.07, 6.45) is 6.04. The molecule has 2 aliphatic carbocycles. The molecule has 1 heterocycles. The van der Waals surface area contributed by atoms with Crippen LogP contribution >= 0.6 is 11.8 Å². The number of allylic oxidation sites excluding steroid dienone is 1. The number of hydrogen-bond donors (Lipinski definition) is 0. The van der Waals surface area contributed by atoms with Crippen LogP contribution < -0.4 is 0 Å². The van der Waals surface area contributed by atoms with Gasteiger partial charge in [0.1, 0.15) is 5.82 Å². The Labute approximate surface area is 121 Å². The molecule has 1 aromatic rings. The molecular weight excluding hydrogens is 274 g/mol. The molecule has 0 radical (unpaired) electrons. The summed E-state index contributed by atoms with van der Waals surface area (Å²) in [5.41, 5.74) is 0. The number of carbonyl (C=O) groups excluding carboxylic acids is 2. The maximum absolute atomic E-state index is 11.9. The molecule has 2 aliphatic rings. The van der Waals surface area contributed by atoms with Gasteiger partial charge in [0.05, 0.1) is 5.25 Å². The van der Waals surface area contributed by atoms with Gasteiger partial charge in [-0.05, 0) is 25.7 Å². The zero-order valence-electron chi connectivity index (χ0n) is 11.2. The molecule has 0 bridgehead atoms. The Hall–Kier alpha value is -1.43. The summed E-state index contributed by atoms with van der Waals surface area (Å²) in [5, 5.41) is 8.91. The molecule has 2 saturated carbocycles. The summed E-state index contributed by atoms with van der Waals surface area (Å²) in [4.78, 5) is 23.4. The van der Waals surface area contributed by atoms with Crippen molar-refractivity contribution in [1.29, 1.82) is 0 Å². The van der Waals surface area contributed by atoms with Crippen LogP contribution in [0.15, 0.2) is 17.8 Å². The molecule has 106 valence electrons. The number of rotatable bonds is 5. The Balaban J connectivity index is 1.81. The van der Waals surface area contributed by atoms with Crippen LogP contribution in [-0.2, 0) is 16.1 Å². The lowest BCUT2D eigenvalue weighted by molar-refractivity contribution is -0.137. The van der Waals surface area contributed by atoms with Crippen LogP contribution in [0.2, 0.25) is 0 Å². The van der Waals surface area contributed by atoms with E-state index >= 15 is 0 Å². The van der Waals surface area contributed by atoms with Gasteiger partial charge in [-0.25, -0.2) is 0 Å². The largest absolute Gasteiger partial charge is 0.302 e. The van der Waals surface area contributed by atoms with Gasteiger partial charge in [0.15, 0.2) is 10.9 Å². The lowest BCUT2D eigenvalue weighted by Crippen LogP contribution is -2.30. The van der Waals surface area contributed by atoms with Gasteiger partial charge in [0.2, 0.25) is 5.78 Å². The SMILES string of the molecule is C=CCn1c(S[C@@H]2CCCC(=O)C2=O)nnc1C1CC1. The number of ketones is 2. The summed E-state index contributed by atoms with van der Waals surface area (Å²) in [7, 11) is 0. The lowest BCUT2D eigenvalue weighted by Gasteiger charge is -2.18. The fourth-order valence-corrected chi connectivity index (χ4v) is 3.61. The minimum absolute atomic E-state index is 0.244. The van der Waals surface area contributed by atoms with Crippen molar-refractivity contribution < 1.29 is 9.59 Å². The molecule has 0 N–H and O–H groups in total. The third-order valence-corrected chi connectivity index (χ3v) is 4.93. The van der Waals surface area contributed by atoms with Crippen LogP contribution in [0, 0.1) is 0 Å². The fraction of sp³-hybridized carbons (Fsp3) is 0.571. The number of carbonyl (C=O) groups is 2. The molecular formula is C14H17N3O2S. The van der Waals surface area contributed by atoms with Gasteiger partial charge < -0.3 is 4.57 Å². The highest BCUT2D eigenvalue weighted by Crippen LogP contribution is 2.40. The minimum Gasteiger partial charge on any atom is -0.302 e. The third-order valence-electron chi connectivity index (χ3n) is 3.68. The Kier molecular flexibility index (Phi) is 3.74. The van der Waals surface area contributed by atoms with Crippen molar-refractivity contribution in [3.8, 4) is 0 Å². The van der Waals surface area contributed by atoms with E-state index in [2.05, 4.69) is 16.8 Å². The van der Waals surface area contributed by atoms with E-state index in [-0.39, 0.29) is 16.8 Å². The molecule has 1 atom stereocenters. The van der Waals surface area contributed by atoms with E-state index in [1.165, 1.54) is 11.8 Å². The zero-order chi connectivity index (χ0) is 14.1. The van der Waals surface area contributed by atoms with Crippen molar-refractivity contribution in [2.45, 2.75) is 55.0 Å². The molecule has 0 aliphatic heterocycles. The highest BCUT2D eigenvalue weighted by Gasteiger charge is 2.34. The number of aromatic nitrogens is 3. The molecule has 0 spiro atoms. The van der Waals surface area contributed by atoms with Crippen LogP contribution in [0.5, 0.6) is 0 Å². The van der Waals surface area contributed by atoms with Gasteiger partial charge in [-0.2, -0.15) is 0 Å². The van der Waals surface area contributed by atoms with E-state index in [0.717, 1.165) is 36.7 Å². The van der Waals surface area contributed by atoms with Crippen molar-refractivity contribution in [2.24, 2.45) is 0 Å². The maximum atomic E-state index is 11.9. The van der Waals surface area contributed by atoms with Gasteiger partial charge in [0.25, 0.3) is 0 Å². The summed E-state index contributed by atoms with van der Waals surface area (Å²) < 4.78 is 2.03. The molecule has 0 amide bonds. The molecule has 6 heteroatoms. The average molecular weight is 291 g/mol. The Morgan fingerprint density at radius 2 is 2.10 bits per heavy atom. The quantitative estimate of drug-likeness (QED) is 0.614. The third kappa shape index (κ3) is 2.57. The van der Waals surface area contributed by atoms with Crippen molar-refractivity contribution in [1.82, 2.24) is 14.8 Å². The summed E-state index contributed by atoms with van der Waals surface area (Å²) in [6.45, 7) is 4.41. The van der Waals surface area contributed by atoms with E-state index in [1.54, 1.807) is 0 Å². The first kappa shape index (κ1) is 13.5. The van der Waals surface area contributed by atoms with E-state index in [0.29, 0.717) is 18.9 Å². The molecule has 2 fully saturated rings. The molecule has 0 aromatic carbocycles. The number of Topliss-reactive ketones (excluding diaryl/α,β-unsaturated/α-hetero) is 2. The van der Waals surface area contributed by atoms with Gasteiger partial charge >= 0.3 is 0 Å². The zero-order valence-corrected chi connectivity index (χ0v) is 12.1. The second-order valence-corrected chi connectivity index (χ2v) is 6.47. The fourth-order valence-electron chi connectivity index (χ4n) is 2.45. The van der Waals surface area contributed by atoms with E-state index in [9.17, 15) is 9.59 Å². The van der Waals surface area contributed by atoms with Crippen LogP contribution in [0.4, 0.5) is 0 Å². The normalized spacial score (nSPS) is 23.1. The topological polar surface area (TPSA) is 64.8 Å². The Bertz CT molecular complexity index is 563. The standard InChI is InChI=1S/C14H17N3O2S/c1-2-8-17-13(9-6-7-9)15-16-14(17)20-11-5-3-4-10(18)12(11)19/h2,9,11H,1,3-8H2/t11-/m1/s1. The molecule has 0 saturated heterocycles. The van der Waals surface area contributed by atoms with E-state index in [1.807, 2.05) is 10.6 Å². The first-order chi connectivity index (χ1) is 9.70. The predicted molar refractivity (Wildman–Crippen MR) is 75.7 cm³/mol. The lowest BCUT2D eigenvalue weighted by atomic mass is 9.98. The van der Waals surface area contributed by atoms with Gasteiger partial charge in [-0.3, -0.25) is 9.59 Å². The van der Waals surface area contributed by atoms with Gasteiger partial charge in [-0.1, -0.05) is 17.8 Å². The van der Waals surface area contributed by atoms with Gasteiger partial charge in [0, 0.05) is 18.9 Å². The summed E-state index contributed by atoms with van der Waals surface area (Å²) in [6, 6.07) is 0. The molecule has 0 unspecified atom stereocenters. The van der Waals surface area contributed by atoms with E-state index in [4.69, 9.17) is 0 Å². The highest BCUT2D eigenvalue weighted by atomic mass is 32.2. The van der Waals surface area contributed by atoms with Crippen LogP contribution in [0.1, 0.15) is 43.8 Å². The second kappa shape index (κ2) is 5.52. The molecule has 20 heavy (non-hydrogen) atoms. The average Bonchev–Trinajstić information content (AvgIpc) is 3.20. The van der Waals surface area contributed by atoms with Crippen molar-refractivity contribution in [3.63, 3.8) is 0 Å². The monoisotopic (exact) mass is 291 g/mol. The first-order valence-electron chi connectivity index (χ1n) is 6.98. The van der Waals surface area contributed by atoms with Crippen molar-refractivity contribution >= 4 is 23.3 Å². The van der Waals surface area contributed by atoms with Gasteiger partial charge in [-0.15, -0.1) is 16.8 Å². The van der Waals surface area contributed by atoms with Crippen LogP contribution in [0.3, 0.4) is 0 Å². The Morgan fingerprint density at radius 1 is 1.30 bits per heavy atom. The highest BCUT2D eigenvalue weighted by molar-refractivity contribution is 8.00. The minimum atomic E-state index is -0.295. The number of nitrogens with zero attached hydrogens (tertiary/aromatic N) is 3. The molecule has 1 aromatic heterocycles. The summed E-state index contributed by atoms with van der Waals surface area (Å²) in [5.74, 6) is 0.982. The molecule has 3 rings (SSSR count). The van der Waals surface area contributed by atoms with Crippen LogP contribution in [0.25, 0.3) is 0 Å². The molecule has 5 nitrogen and oxygen atoms in total. The predicted octanol–water partition coefficient (Wildman–Crippen LogP) is 2.12. The van der Waals surface area contributed by atoms with Crippen molar-refractivity contribution in [2.75, 3.05) is 0 Å². The van der Waals surface area contributed by atoms with Crippen LogP contribution in [-0.4, -0.2) is 31.6 Å². The first-order valence-corrected chi connectivity index (χ1v) is 7.86. The Morgan fingerprint density at radius 3 is 2.80 bits per heavy atom.